The molecule has 0 amide bonds. The van der Waals surface area contributed by atoms with Gasteiger partial charge in [0.2, 0.25) is 0 Å². The van der Waals surface area contributed by atoms with Crippen LogP contribution in [0.2, 0.25) is 0 Å². The van der Waals surface area contributed by atoms with Gasteiger partial charge in [0.25, 0.3) is 25.9 Å². The normalized spacial score (nSPS) is 12.3. The van der Waals surface area contributed by atoms with Gasteiger partial charge in [-0.25, -0.2) is 0 Å². The summed E-state index contributed by atoms with van der Waals surface area (Å²) in [6, 6.07) is 6.48. The van der Waals surface area contributed by atoms with Gasteiger partial charge in [0.05, 0.1) is 4.92 Å². The highest BCUT2D eigenvalue weighted by Crippen LogP contribution is 2.26. The maximum Gasteiger partial charge on any atom is 0.295 e. The lowest BCUT2D eigenvalue weighted by Crippen LogP contribution is -2.08. The molecule has 0 aliphatic heterocycles. The van der Waals surface area contributed by atoms with Crippen LogP contribution in [0.15, 0.2) is 46.2 Å². The van der Waals surface area contributed by atoms with Gasteiger partial charge < -0.3 is 5.43 Å². The molecule has 0 heterocycles. The quantitative estimate of drug-likeness (QED) is 0.177. The van der Waals surface area contributed by atoms with Crippen molar-refractivity contribution in [2.75, 3.05) is 5.43 Å². The molecular formula is C14H13N3O8S2. The maximum atomic E-state index is 11.5. The van der Waals surface area contributed by atoms with Gasteiger partial charge >= 0.3 is 0 Å². The third kappa shape index (κ3) is 4.87. The molecular weight excluding hydrogens is 402 g/mol. The molecule has 27 heavy (non-hydrogen) atoms. The number of nitrogens with zero attached hydrogens (tertiary/aromatic N) is 1. The number of nitrogens with one attached hydrogen (secondary N) is 1. The maximum absolute atomic E-state index is 11.5. The Bertz CT molecular complexity index is 1140. The van der Waals surface area contributed by atoms with E-state index in [1.165, 1.54) is 12.1 Å². The number of anilines is 1. The second-order valence-electron chi connectivity index (χ2n) is 5.16. The van der Waals surface area contributed by atoms with E-state index in [4.69, 9.17) is 5.84 Å². The van der Waals surface area contributed by atoms with Crippen molar-refractivity contribution in [3.63, 3.8) is 0 Å². The zero-order valence-corrected chi connectivity index (χ0v) is 14.9. The molecule has 0 unspecified atom stereocenters. The molecule has 2 aromatic carbocycles. The van der Waals surface area contributed by atoms with E-state index in [0.29, 0.717) is 6.07 Å². The summed E-state index contributed by atoms with van der Waals surface area (Å²) in [6.07, 6.45) is 2.27. The number of benzene rings is 2. The monoisotopic (exact) mass is 415 g/mol. The highest BCUT2D eigenvalue weighted by atomic mass is 32.2. The Hall–Kier alpha value is -2.84. The van der Waals surface area contributed by atoms with Crippen molar-refractivity contribution in [1.82, 2.24) is 0 Å². The van der Waals surface area contributed by atoms with Crippen LogP contribution in [0.5, 0.6) is 0 Å². The molecule has 2 rings (SSSR count). The molecule has 0 atom stereocenters. The summed E-state index contributed by atoms with van der Waals surface area (Å²) >= 11 is 0. The van der Waals surface area contributed by atoms with Gasteiger partial charge in [-0.05, 0) is 29.3 Å². The Morgan fingerprint density at radius 3 is 1.85 bits per heavy atom. The Kier molecular flexibility index (Phi) is 5.62. The molecule has 0 aliphatic rings. The molecule has 2 aromatic rings. The van der Waals surface area contributed by atoms with Crippen molar-refractivity contribution < 1.29 is 30.9 Å². The number of hydrogen-bond donors (Lipinski definition) is 4. The molecule has 0 saturated carbocycles. The van der Waals surface area contributed by atoms with Crippen molar-refractivity contribution in [2.24, 2.45) is 5.84 Å². The Labute approximate surface area is 153 Å². The Morgan fingerprint density at radius 2 is 1.41 bits per heavy atom. The van der Waals surface area contributed by atoms with Gasteiger partial charge in [0.1, 0.15) is 9.79 Å². The summed E-state index contributed by atoms with van der Waals surface area (Å²) in [7, 11) is -9.42. The van der Waals surface area contributed by atoms with Crippen LogP contribution in [-0.4, -0.2) is 30.9 Å². The topological polar surface area (TPSA) is 190 Å². The van der Waals surface area contributed by atoms with E-state index in [2.05, 4.69) is 5.43 Å². The molecule has 5 N–H and O–H groups in total. The molecule has 0 radical (unpaired) electrons. The van der Waals surface area contributed by atoms with Gasteiger partial charge in [-0.15, -0.1) is 0 Å². The van der Waals surface area contributed by atoms with Crippen molar-refractivity contribution in [2.45, 2.75) is 9.79 Å². The largest absolute Gasteiger partial charge is 0.324 e. The Balaban J connectivity index is 2.61. The summed E-state index contributed by atoms with van der Waals surface area (Å²) in [5.74, 6) is 5.19. The van der Waals surface area contributed by atoms with E-state index >= 15 is 0 Å². The summed E-state index contributed by atoms with van der Waals surface area (Å²) in [6.45, 7) is 0. The average Bonchev–Trinajstić information content (AvgIpc) is 2.58. The number of nitrogens with two attached hydrogens (primary N) is 1. The number of hydrazine groups is 1. The van der Waals surface area contributed by atoms with Crippen molar-refractivity contribution in [3.8, 4) is 0 Å². The molecule has 0 saturated heterocycles. The fourth-order valence-corrected chi connectivity index (χ4v) is 3.58. The second-order valence-corrected chi connectivity index (χ2v) is 7.94. The van der Waals surface area contributed by atoms with Gasteiger partial charge in [-0.1, -0.05) is 18.2 Å². The highest BCUT2D eigenvalue weighted by Gasteiger charge is 2.19. The molecule has 0 spiro atoms. The minimum absolute atomic E-state index is 0.0175. The molecule has 144 valence electrons. The van der Waals surface area contributed by atoms with Crippen LogP contribution in [0.4, 0.5) is 11.4 Å². The van der Waals surface area contributed by atoms with Crippen LogP contribution in [0.3, 0.4) is 0 Å². The van der Waals surface area contributed by atoms with Crippen LogP contribution in [0, 0.1) is 10.1 Å². The van der Waals surface area contributed by atoms with Crippen LogP contribution in [0.1, 0.15) is 11.1 Å². The summed E-state index contributed by atoms with van der Waals surface area (Å²) < 4.78 is 64.6. The molecule has 0 fully saturated rings. The van der Waals surface area contributed by atoms with Crippen molar-refractivity contribution >= 4 is 43.8 Å². The first-order valence-electron chi connectivity index (χ1n) is 6.95. The molecule has 0 bridgehead atoms. The predicted octanol–water partition coefficient (Wildman–Crippen LogP) is 1.54. The molecule has 13 heteroatoms. The first kappa shape index (κ1) is 20.5. The van der Waals surface area contributed by atoms with Crippen LogP contribution in [0.25, 0.3) is 12.2 Å². The Morgan fingerprint density at radius 1 is 0.926 bits per heavy atom. The van der Waals surface area contributed by atoms with E-state index in [0.717, 1.165) is 30.4 Å². The molecule has 0 aromatic heterocycles. The van der Waals surface area contributed by atoms with E-state index in [-0.39, 0.29) is 16.8 Å². The minimum Gasteiger partial charge on any atom is -0.324 e. The highest BCUT2D eigenvalue weighted by molar-refractivity contribution is 7.86. The summed E-state index contributed by atoms with van der Waals surface area (Å²) in [5, 5.41) is 10.8. The summed E-state index contributed by atoms with van der Waals surface area (Å²) in [5.41, 5.74) is 1.69. The smallest absolute Gasteiger partial charge is 0.295 e. The third-order valence-electron chi connectivity index (χ3n) is 3.39. The zero-order chi connectivity index (χ0) is 20.4. The first-order chi connectivity index (χ1) is 12.4. The van der Waals surface area contributed by atoms with E-state index in [9.17, 15) is 36.1 Å². The van der Waals surface area contributed by atoms with E-state index in [1.54, 1.807) is 0 Å². The first-order valence-corrected chi connectivity index (χ1v) is 9.83. The molecule has 11 nitrogen and oxygen atoms in total. The van der Waals surface area contributed by atoms with Gasteiger partial charge in [-0.3, -0.25) is 25.1 Å². The third-order valence-corrected chi connectivity index (χ3v) is 5.21. The van der Waals surface area contributed by atoms with Crippen molar-refractivity contribution in [3.05, 3.63) is 57.6 Å². The second kappa shape index (κ2) is 7.42. The van der Waals surface area contributed by atoms with Crippen LogP contribution < -0.4 is 11.3 Å². The lowest BCUT2D eigenvalue weighted by atomic mass is 10.1. The number of rotatable bonds is 6. The lowest BCUT2D eigenvalue weighted by molar-refractivity contribution is -0.385. The van der Waals surface area contributed by atoms with Crippen LogP contribution in [-0.2, 0) is 20.2 Å². The fraction of sp³-hybridized carbons (Fsp3) is 0. The standard InChI is InChI=1S/C14H13N3O8S2/c15-16-11-5-3-9(13(7-11)26(20,21)22)1-2-10-4-6-12(17(18)19)8-14(10)27(23,24)25/h1-8,16H,15H2,(H,20,21,22)(H,23,24,25)/b2-1+. The average molecular weight is 415 g/mol. The van der Waals surface area contributed by atoms with Gasteiger partial charge in [0.15, 0.2) is 0 Å². The SMILES string of the molecule is NNc1ccc(/C=C/c2ccc([N+](=O)[O-])cc2S(=O)(=O)O)c(S(=O)(=O)O)c1. The van der Waals surface area contributed by atoms with E-state index in [1.807, 2.05) is 0 Å². The summed E-state index contributed by atoms with van der Waals surface area (Å²) in [4.78, 5) is 8.71. The lowest BCUT2D eigenvalue weighted by Gasteiger charge is -2.07. The number of hydrogen-bond acceptors (Lipinski definition) is 8. The fourth-order valence-electron chi connectivity index (χ4n) is 2.16. The zero-order valence-electron chi connectivity index (χ0n) is 13.3. The van der Waals surface area contributed by atoms with E-state index < -0.39 is 40.6 Å². The molecule has 0 aliphatic carbocycles. The van der Waals surface area contributed by atoms with Crippen molar-refractivity contribution in [1.29, 1.82) is 0 Å². The predicted molar refractivity (Wildman–Crippen MR) is 95.9 cm³/mol. The van der Waals surface area contributed by atoms with Gasteiger partial charge in [0, 0.05) is 17.8 Å². The number of nitro benzene ring substituents is 1. The minimum atomic E-state index is -4.79. The number of nitro groups is 1. The van der Waals surface area contributed by atoms with Gasteiger partial charge in [-0.2, -0.15) is 16.8 Å². The number of nitrogen functional groups attached to an aromatic ring is 1. The van der Waals surface area contributed by atoms with Crippen LogP contribution >= 0.6 is 0 Å². The number of non-ortho nitro benzene ring substituents is 1.